The summed E-state index contributed by atoms with van der Waals surface area (Å²) in [6.45, 7) is 2.21. The van der Waals surface area contributed by atoms with E-state index in [0.29, 0.717) is 6.20 Å². The molecule has 1 heterocycles. The van der Waals surface area contributed by atoms with E-state index in [0.717, 1.165) is 19.1 Å². The molecule has 0 bridgehead atoms. The fourth-order valence-corrected chi connectivity index (χ4v) is 1.54. The molecular formula is C13H15F3N2O4. The number of carbonyl (C=O) groups is 2. The third kappa shape index (κ3) is 4.17. The largest absolute Gasteiger partial charge is 0.480 e. The minimum Gasteiger partial charge on any atom is -0.480 e. The predicted molar refractivity (Wildman–Crippen MR) is 69.1 cm³/mol. The number of nitrogens with two attached hydrogens (primary N) is 1. The maximum absolute atomic E-state index is 12.4. The molecule has 9 heteroatoms. The second kappa shape index (κ2) is 6.30. The summed E-state index contributed by atoms with van der Waals surface area (Å²) in [7, 11) is 0. The summed E-state index contributed by atoms with van der Waals surface area (Å²) in [6.07, 6.45) is -3.90. The highest BCUT2D eigenvalue weighted by atomic mass is 19.4. The second-order valence-corrected chi connectivity index (χ2v) is 4.97. The molecule has 0 aromatic carbocycles. The number of alkyl halides is 3. The number of ether oxygens (including phenoxy) is 1. The highest BCUT2D eigenvalue weighted by Gasteiger charge is 2.39. The lowest BCUT2D eigenvalue weighted by atomic mass is 9.89. The Morgan fingerprint density at radius 2 is 2.00 bits per heavy atom. The fourth-order valence-electron chi connectivity index (χ4n) is 1.54. The number of pyridine rings is 1. The van der Waals surface area contributed by atoms with E-state index in [1.807, 2.05) is 0 Å². The monoisotopic (exact) mass is 320 g/mol. The van der Waals surface area contributed by atoms with Crippen LogP contribution in [0.1, 0.15) is 19.4 Å². The number of halogens is 3. The van der Waals surface area contributed by atoms with Crippen molar-refractivity contribution >= 4 is 11.8 Å². The molecule has 0 saturated carbocycles. The van der Waals surface area contributed by atoms with Gasteiger partial charge in [-0.2, -0.15) is 13.2 Å². The summed E-state index contributed by atoms with van der Waals surface area (Å²) in [5.74, 6) is -3.21. The molecule has 0 fully saturated rings. The zero-order valence-corrected chi connectivity index (χ0v) is 11.8. The second-order valence-electron chi connectivity index (χ2n) is 4.97. The Morgan fingerprint density at radius 3 is 2.41 bits per heavy atom. The van der Waals surface area contributed by atoms with Gasteiger partial charge < -0.3 is 15.6 Å². The van der Waals surface area contributed by atoms with Gasteiger partial charge in [0.05, 0.1) is 18.1 Å². The van der Waals surface area contributed by atoms with E-state index in [9.17, 15) is 22.8 Å². The molecule has 1 aromatic heterocycles. The molecule has 0 amide bonds. The molecule has 0 aliphatic carbocycles. The van der Waals surface area contributed by atoms with E-state index in [2.05, 4.69) is 4.98 Å². The number of carboxylic acids is 1. The number of hydrogen-bond donors (Lipinski definition) is 2. The molecule has 0 saturated heterocycles. The summed E-state index contributed by atoms with van der Waals surface area (Å²) in [5, 5.41) is 8.85. The van der Waals surface area contributed by atoms with Crippen molar-refractivity contribution in [2.24, 2.45) is 11.7 Å². The number of ketones is 1. The molecule has 0 aliphatic heterocycles. The van der Waals surface area contributed by atoms with Crippen LogP contribution in [-0.4, -0.2) is 34.0 Å². The van der Waals surface area contributed by atoms with E-state index in [-0.39, 0.29) is 12.5 Å². The molecule has 0 aliphatic rings. The van der Waals surface area contributed by atoms with Crippen molar-refractivity contribution < 1.29 is 32.6 Å². The summed E-state index contributed by atoms with van der Waals surface area (Å²) in [5.41, 5.74) is 2.41. The third-order valence-corrected chi connectivity index (χ3v) is 2.95. The maximum atomic E-state index is 12.4. The highest BCUT2D eigenvalue weighted by molar-refractivity contribution is 6.07. The van der Waals surface area contributed by atoms with Crippen LogP contribution < -0.4 is 10.5 Å². The van der Waals surface area contributed by atoms with Gasteiger partial charge in [0.25, 0.3) is 0 Å². The number of aliphatic carboxylic acids is 1. The lowest BCUT2D eigenvalue weighted by Gasteiger charge is -2.21. The first-order chi connectivity index (χ1) is 9.96. The molecule has 1 rings (SSSR count). The van der Waals surface area contributed by atoms with Gasteiger partial charge in [-0.1, -0.05) is 6.92 Å². The number of carbonyl (C=O) groups excluding carboxylic acids is 1. The van der Waals surface area contributed by atoms with Crippen molar-refractivity contribution in [1.82, 2.24) is 4.98 Å². The summed E-state index contributed by atoms with van der Waals surface area (Å²) >= 11 is 0. The summed E-state index contributed by atoms with van der Waals surface area (Å²) in [6, 6.07) is 1.80. The Morgan fingerprint density at radius 1 is 1.41 bits per heavy atom. The SMILES string of the molecule is CC(COc1ccc(C(F)(F)F)cn1)C(=O)[C@@](C)(N)C(=O)O. The quantitative estimate of drug-likeness (QED) is 0.770. The van der Waals surface area contributed by atoms with Gasteiger partial charge in [0.15, 0.2) is 11.3 Å². The summed E-state index contributed by atoms with van der Waals surface area (Å²) in [4.78, 5) is 26.2. The van der Waals surface area contributed by atoms with Crippen molar-refractivity contribution in [3.8, 4) is 5.88 Å². The molecule has 122 valence electrons. The van der Waals surface area contributed by atoms with Gasteiger partial charge in [0.1, 0.15) is 0 Å². The van der Waals surface area contributed by atoms with Gasteiger partial charge in [-0.25, -0.2) is 9.78 Å². The first kappa shape index (κ1) is 17.9. The van der Waals surface area contributed by atoms with Crippen LogP contribution in [0.3, 0.4) is 0 Å². The average molecular weight is 320 g/mol. The molecule has 1 aromatic rings. The average Bonchev–Trinajstić information content (AvgIpc) is 2.43. The smallest absolute Gasteiger partial charge is 0.417 e. The lowest BCUT2D eigenvalue weighted by Crippen LogP contribution is -2.54. The zero-order chi connectivity index (χ0) is 17.1. The van der Waals surface area contributed by atoms with E-state index < -0.39 is 34.9 Å². The van der Waals surface area contributed by atoms with Gasteiger partial charge in [-0.15, -0.1) is 0 Å². The van der Waals surface area contributed by atoms with Crippen LogP contribution in [0.5, 0.6) is 5.88 Å². The van der Waals surface area contributed by atoms with Crippen molar-refractivity contribution in [1.29, 1.82) is 0 Å². The Hall–Kier alpha value is -2.16. The number of hydrogen-bond acceptors (Lipinski definition) is 5. The first-order valence-electron chi connectivity index (χ1n) is 6.19. The normalized spacial score (nSPS) is 15.7. The molecule has 3 N–H and O–H groups in total. The van der Waals surface area contributed by atoms with Gasteiger partial charge in [-0.3, -0.25) is 4.79 Å². The Kier molecular flexibility index (Phi) is 5.13. The standard InChI is InChI=1S/C13H15F3N2O4/c1-7(10(19)12(2,17)11(20)21)6-22-9-4-3-8(5-18-9)13(14,15)16/h3-5,7H,6,17H2,1-2H3,(H,20,21)/t7?,12-/m1/s1. The minimum atomic E-state index is -4.50. The number of nitrogens with zero attached hydrogens (tertiary/aromatic N) is 1. The number of Topliss-reactive ketones (excluding diaryl/α,β-unsaturated/α-hetero) is 1. The third-order valence-electron chi connectivity index (χ3n) is 2.95. The van der Waals surface area contributed by atoms with Gasteiger partial charge in [0.2, 0.25) is 5.88 Å². The van der Waals surface area contributed by atoms with E-state index >= 15 is 0 Å². The van der Waals surface area contributed by atoms with E-state index in [1.165, 1.54) is 6.92 Å². The van der Waals surface area contributed by atoms with Crippen LogP contribution in [0.25, 0.3) is 0 Å². The van der Waals surface area contributed by atoms with Crippen LogP contribution in [0.15, 0.2) is 18.3 Å². The Balaban J connectivity index is 2.67. The highest BCUT2D eigenvalue weighted by Crippen LogP contribution is 2.29. The van der Waals surface area contributed by atoms with Crippen LogP contribution in [0.4, 0.5) is 13.2 Å². The van der Waals surface area contributed by atoms with Crippen LogP contribution in [0.2, 0.25) is 0 Å². The Bertz CT molecular complexity index is 555. The van der Waals surface area contributed by atoms with E-state index in [4.69, 9.17) is 15.6 Å². The number of rotatable bonds is 6. The minimum absolute atomic E-state index is 0.110. The van der Waals surface area contributed by atoms with E-state index in [1.54, 1.807) is 0 Å². The molecule has 0 radical (unpaired) electrons. The molecule has 1 unspecified atom stereocenters. The fraction of sp³-hybridized carbons (Fsp3) is 0.462. The predicted octanol–water partition coefficient (Wildman–Crippen LogP) is 1.49. The van der Waals surface area contributed by atoms with Crippen LogP contribution in [-0.2, 0) is 15.8 Å². The molecule has 2 atom stereocenters. The van der Waals surface area contributed by atoms with Gasteiger partial charge in [0, 0.05) is 12.3 Å². The summed E-state index contributed by atoms with van der Waals surface area (Å²) < 4.78 is 42.1. The van der Waals surface area contributed by atoms with Crippen molar-refractivity contribution in [2.75, 3.05) is 6.61 Å². The zero-order valence-electron chi connectivity index (χ0n) is 11.8. The van der Waals surface area contributed by atoms with Crippen molar-refractivity contribution in [3.63, 3.8) is 0 Å². The topological polar surface area (TPSA) is 103 Å². The van der Waals surface area contributed by atoms with Crippen LogP contribution >= 0.6 is 0 Å². The van der Waals surface area contributed by atoms with Gasteiger partial charge in [-0.05, 0) is 13.0 Å². The van der Waals surface area contributed by atoms with Gasteiger partial charge >= 0.3 is 12.1 Å². The molecular weight excluding hydrogens is 305 g/mol. The maximum Gasteiger partial charge on any atom is 0.417 e. The van der Waals surface area contributed by atoms with Crippen LogP contribution in [0, 0.1) is 5.92 Å². The van der Waals surface area contributed by atoms with Crippen molar-refractivity contribution in [3.05, 3.63) is 23.9 Å². The van der Waals surface area contributed by atoms with Crippen molar-refractivity contribution in [2.45, 2.75) is 25.6 Å². The number of aromatic nitrogens is 1. The Labute approximate surface area is 124 Å². The first-order valence-corrected chi connectivity index (χ1v) is 6.19. The lowest BCUT2D eigenvalue weighted by molar-refractivity contribution is -0.149. The number of carboxylic acid groups (broad SMARTS) is 1. The molecule has 6 nitrogen and oxygen atoms in total. The molecule has 22 heavy (non-hydrogen) atoms. The molecule has 0 spiro atoms.